The maximum atomic E-state index is 15.5. The monoisotopic (exact) mass is 1670 g/mol. The van der Waals surface area contributed by atoms with Gasteiger partial charge in [0, 0.05) is 67.0 Å². The van der Waals surface area contributed by atoms with Crippen LogP contribution in [0, 0.1) is 75.7 Å². The lowest BCUT2D eigenvalue weighted by atomic mass is 9.93. The molecule has 0 saturated heterocycles. The predicted octanol–water partition coefficient (Wildman–Crippen LogP) is 32.4. The third kappa shape index (κ3) is 19.9. The van der Waals surface area contributed by atoms with Gasteiger partial charge in [0.2, 0.25) is 0 Å². The first-order valence-electron chi connectivity index (χ1n) is 44.9. The number of unbranched alkanes of at least 4 members (excludes halogenated alkanes) is 32. The molecule has 2 unspecified atom stereocenters. The first-order chi connectivity index (χ1) is 57.2. The van der Waals surface area contributed by atoms with Gasteiger partial charge in [0.15, 0.2) is 34.8 Å². The zero-order valence-electron chi connectivity index (χ0n) is 70.1. The highest BCUT2D eigenvalue weighted by atomic mass is 32.1. The van der Waals surface area contributed by atoms with Crippen LogP contribution in [-0.4, -0.2) is 29.4 Å². The summed E-state index contributed by atoms with van der Waals surface area (Å²) in [4.78, 5) is 35.3. The molecule has 0 bridgehead atoms. The maximum absolute atomic E-state index is 15.5. The highest BCUT2D eigenvalue weighted by Gasteiger charge is 2.39. The summed E-state index contributed by atoms with van der Waals surface area (Å²) < 4.78 is 84.7. The van der Waals surface area contributed by atoms with E-state index in [0.717, 1.165) is 278 Å². The van der Waals surface area contributed by atoms with Gasteiger partial charge in [-0.25, -0.2) is 27.7 Å². The first kappa shape index (κ1) is 88.7. The molecular weight excluding hydrogens is 1560 g/mol. The van der Waals surface area contributed by atoms with Crippen molar-refractivity contribution in [1.82, 2.24) is 17.9 Å². The van der Waals surface area contributed by atoms with Gasteiger partial charge >= 0.3 is 0 Å². The number of aromatic nitrogens is 4. The molecule has 10 aromatic rings. The van der Waals surface area contributed by atoms with E-state index in [2.05, 4.69) is 55.5 Å². The molecule has 0 fully saturated rings. The molecular formula is C98H118F4N8O2S5. The number of benzene rings is 3. The number of hydrogen-bond acceptors (Lipinski definition) is 12. The number of Topliss-reactive ketones (excluding diaryl/α,β-unsaturated/α-hetero) is 2. The van der Waals surface area contributed by atoms with Crippen molar-refractivity contribution in [2.45, 2.75) is 337 Å². The van der Waals surface area contributed by atoms with Crippen LogP contribution < -0.4 is 0 Å². The van der Waals surface area contributed by atoms with Gasteiger partial charge in [0.1, 0.15) is 28.7 Å². The van der Waals surface area contributed by atoms with E-state index in [1.165, 1.54) is 134 Å². The Morgan fingerprint density at radius 3 is 1.07 bits per heavy atom. The smallest absolute Gasteiger partial charge is 0.270 e. The molecule has 0 radical (unpaired) electrons. The maximum Gasteiger partial charge on any atom is 0.270 e. The Bertz CT molecular complexity index is 5130. The number of ketones is 2. The second-order valence-corrected chi connectivity index (χ2v) is 38.1. The average molecular weight is 1680 g/mol. The molecule has 620 valence electrons. The molecule has 12 rings (SSSR count). The van der Waals surface area contributed by atoms with E-state index < -0.39 is 34.8 Å². The van der Waals surface area contributed by atoms with E-state index in [1.54, 1.807) is 45.3 Å². The lowest BCUT2D eigenvalue weighted by Gasteiger charge is -2.22. The summed E-state index contributed by atoms with van der Waals surface area (Å²) in [6.45, 7) is 23.3. The molecule has 0 amide bonds. The van der Waals surface area contributed by atoms with Crippen LogP contribution in [0.15, 0.2) is 46.7 Å². The van der Waals surface area contributed by atoms with E-state index in [0.29, 0.717) is 24.7 Å². The number of carbonyl (C=O) groups is 2. The van der Waals surface area contributed by atoms with E-state index in [4.69, 9.17) is 15.3 Å². The van der Waals surface area contributed by atoms with Gasteiger partial charge in [-0.1, -0.05) is 273 Å². The molecule has 0 N–H and O–H groups in total. The van der Waals surface area contributed by atoms with Crippen molar-refractivity contribution in [3.8, 4) is 18.2 Å². The van der Waals surface area contributed by atoms with Gasteiger partial charge in [0.05, 0.1) is 74.6 Å². The molecule has 117 heavy (non-hydrogen) atoms. The van der Waals surface area contributed by atoms with Crippen LogP contribution in [0.5, 0.6) is 0 Å². The third-order valence-electron chi connectivity index (χ3n) is 24.9. The average Bonchev–Trinajstić information content (AvgIpc) is 1.50. The molecule has 2 aliphatic carbocycles. The Hall–Kier alpha value is -7.62. The molecule has 10 nitrogen and oxygen atoms in total. The molecule has 2 atom stereocenters. The summed E-state index contributed by atoms with van der Waals surface area (Å²) in [5.41, 5.74) is 7.82. The molecule has 2 aliphatic rings. The Balaban J connectivity index is 1.17. The minimum Gasteiger partial charge on any atom is -0.337 e. The Labute approximate surface area is 711 Å². The second kappa shape index (κ2) is 43.6. The van der Waals surface area contributed by atoms with Crippen LogP contribution in [0.4, 0.5) is 17.6 Å². The highest BCUT2D eigenvalue weighted by molar-refractivity contribution is 7.34. The highest BCUT2D eigenvalue weighted by Crippen LogP contribution is 2.57. The Kier molecular flexibility index (Phi) is 33.0. The normalized spacial score (nSPS) is 14.7. The summed E-state index contributed by atoms with van der Waals surface area (Å²) in [5, 5.41) is 34.0. The van der Waals surface area contributed by atoms with Crippen molar-refractivity contribution in [2.75, 3.05) is 0 Å². The van der Waals surface area contributed by atoms with Crippen molar-refractivity contribution in [3.63, 3.8) is 0 Å². The molecule has 3 aromatic carbocycles. The minimum atomic E-state index is -1.18. The number of nitriles is 3. The minimum absolute atomic E-state index is 0.0197. The second-order valence-electron chi connectivity index (χ2n) is 33.4. The number of halogens is 4. The summed E-state index contributed by atoms with van der Waals surface area (Å²) >= 11 is 8.12. The number of thiophene rings is 4. The van der Waals surface area contributed by atoms with E-state index in [1.807, 2.05) is 30.4 Å². The predicted molar refractivity (Wildman–Crippen MR) is 487 cm³/mol. The molecule has 0 spiro atoms. The van der Waals surface area contributed by atoms with Crippen LogP contribution in [0.1, 0.15) is 364 Å². The fraction of sp³-hybridized carbons (Fsp3) is 0.551. The van der Waals surface area contributed by atoms with Crippen molar-refractivity contribution < 1.29 is 27.2 Å². The quantitative estimate of drug-likeness (QED) is 0.0121. The molecule has 0 saturated carbocycles. The van der Waals surface area contributed by atoms with Crippen LogP contribution >= 0.6 is 57.1 Å². The zero-order valence-corrected chi connectivity index (χ0v) is 74.2. The van der Waals surface area contributed by atoms with Crippen LogP contribution in [-0.2, 0) is 25.9 Å². The van der Waals surface area contributed by atoms with E-state index in [9.17, 15) is 15.8 Å². The SMILES string of the molecule is [C-]#[N+]/C(C#N)=C1\C(=C\c2sc3c(sc4c5c6nsnc6c6c7sc8c(CCCCCCCCCCC)c(/C=C9\C(=O)c%10cc(F)c(F)cc%10C9=C(C#N)C#N)sc8c7n(CC(CCCCCC)CCCCCCCC)c6c5n(CC(CCCCCC)CCCCCCCC)c34)c2CCCCCCCCCCC)C(=O)c2cc(F)c(F)cc21. The van der Waals surface area contributed by atoms with Crippen molar-refractivity contribution in [2.24, 2.45) is 11.8 Å². The Morgan fingerprint density at radius 2 is 0.726 bits per heavy atom. The third-order valence-corrected chi connectivity index (χ3v) is 30.6. The summed E-state index contributed by atoms with van der Waals surface area (Å²) in [5.74, 6) is -5.20. The summed E-state index contributed by atoms with van der Waals surface area (Å²) in [7, 11) is 0. The first-order valence-corrected chi connectivity index (χ1v) is 48.9. The van der Waals surface area contributed by atoms with Crippen molar-refractivity contribution >= 4 is 164 Å². The molecule has 7 heterocycles. The topological polar surface area (TPSA) is 146 Å². The number of hydrogen-bond donors (Lipinski definition) is 0. The van der Waals surface area contributed by atoms with Crippen LogP contribution in [0.2, 0.25) is 0 Å². The zero-order chi connectivity index (χ0) is 82.5. The number of rotatable bonds is 50. The van der Waals surface area contributed by atoms with Crippen LogP contribution in [0.25, 0.3) is 100 Å². The standard InChI is InChI=1S/C98H118F4N8O2S5/c1-8-14-20-26-30-32-34-38-44-50-66-79(56-72-81(65(58-103)59-104)68-52-74(99)76(101)54-70(68)91(72)111)113-97-89-95(115-93(66)97)83-85-86(108-117-107-85)84-88(87(83)109(89)61-63(46-40-24-18-12-5)48-42-36-28-22-16-10-3)110(62-64(47-41-25-19-13-6)49-43-37-29-23-17-11-4)90-96(84)116-94-67(51-45-39-35-33-31-27-21-15-9-2)80(114-98(90)94)57-73-82(78(60-105)106-7)69-53-75(100)77(102)55-71(69)92(73)112/h52-57,63-64H,8-51,61-62H2,1-6H3/b72-56-,73-57-,82-78-. The Morgan fingerprint density at radius 1 is 0.410 bits per heavy atom. The number of nitrogens with zero attached hydrogens (tertiary/aromatic N) is 8. The van der Waals surface area contributed by atoms with Crippen molar-refractivity contribution in [1.29, 1.82) is 15.8 Å². The lowest BCUT2D eigenvalue weighted by molar-refractivity contribution is 0.103. The van der Waals surface area contributed by atoms with Gasteiger partial charge in [-0.05, 0) is 122 Å². The van der Waals surface area contributed by atoms with Gasteiger partial charge in [0.25, 0.3) is 5.70 Å². The number of fused-ring (bicyclic) bond motifs is 16. The van der Waals surface area contributed by atoms with E-state index >= 15 is 27.2 Å². The molecule has 19 heteroatoms. The van der Waals surface area contributed by atoms with Gasteiger partial charge in [-0.3, -0.25) is 9.59 Å². The largest absolute Gasteiger partial charge is 0.337 e. The molecule has 0 aliphatic heterocycles. The van der Waals surface area contributed by atoms with Crippen LogP contribution in [0.3, 0.4) is 0 Å². The molecule has 7 aromatic heterocycles. The summed E-state index contributed by atoms with van der Waals surface area (Å²) in [6.07, 6.45) is 53.0. The summed E-state index contributed by atoms with van der Waals surface area (Å²) in [6, 6.07) is 9.79. The van der Waals surface area contributed by atoms with Gasteiger partial charge < -0.3 is 9.13 Å². The van der Waals surface area contributed by atoms with Gasteiger partial charge in [-0.15, -0.1) is 45.3 Å². The lowest BCUT2D eigenvalue weighted by Crippen LogP contribution is -2.14. The number of allylic oxidation sites excluding steroid dienone is 6. The fourth-order valence-corrected chi connectivity index (χ4v) is 25.1. The number of aryl methyl sites for hydroxylation is 2. The van der Waals surface area contributed by atoms with Gasteiger partial charge in [-0.2, -0.15) is 19.3 Å². The number of carbonyl (C=O) groups excluding carboxylic acids is 2. The van der Waals surface area contributed by atoms with Crippen molar-refractivity contribution in [3.05, 3.63) is 125 Å². The van der Waals surface area contributed by atoms with E-state index in [-0.39, 0.29) is 55.8 Å². The fourth-order valence-electron chi connectivity index (χ4n) is 18.6.